The number of hydrogen-bond acceptors (Lipinski definition) is 4. The molecule has 0 saturated carbocycles. The zero-order valence-electron chi connectivity index (χ0n) is 14.4. The minimum Gasteiger partial charge on any atom is -0.299 e. The van der Waals surface area contributed by atoms with Crippen LogP contribution in [-0.4, -0.2) is 34.3 Å². The molecule has 11 heteroatoms. The largest absolute Gasteiger partial charge is 0.417 e. The van der Waals surface area contributed by atoms with Crippen molar-refractivity contribution in [3.63, 3.8) is 0 Å². The fraction of sp³-hybridized carbons (Fsp3) is 0.250. The van der Waals surface area contributed by atoms with Gasteiger partial charge >= 0.3 is 6.18 Å². The SMILES string of the molecule is CON(C)C(=O)c1ncc(C)cc1NS(=O)c1ccc(Cl)c(C(F)(F)F)c1. The Balaban J connectivity index is 2.39. The number of pyridine rings is 1. The van der Waals surface area contributed by atoms with Crippen LogP contribution in [0, 0.1) is 6.92 Å². The van der Waals surface area contributed by atoms with E-state index >= 15 is 0 Å². The number of rotatable bonds is 5. The van der Waals surface area contributed by atoms with Crippen molar-refractivity contribution in [3.05, 3.63) is 52.3 Å². The van der Waals surface area contributed by atoms with Crippen molar-refractivity contribution in [2.75, 3.05) is 18.9 Å². The molecule has 0 saturated heterocycles. The lowest BCUT2D eigenvalue weighted by Crippen LogP contribution is -2.27. The summed E-state index contributed by atoms with van der Waals surface area (Å²) < 4.78 is 54.0. The summed E-state index contributed by atoms with van der Waals surface area (Å²) in [5.74, 6) is -0.621. The molecule has 1 aromatic carbocycles. The number of anilines is 1. The van der Waals surface area contributed by atoms with E-state index in [1.54, 1.807) is 6.92 Å². The van der Waals surface area contributed by atoms with E-state index in [9.17, 15) is 22.2 Å². The molecule has 0 aliphatic rings. The summed E-state index contributed by atoms with van der Waals surface area (Å²) in [6.45, 7) is 1.69. The lowest BCUT2D eigenvalue weighted by atomic mass is 10.2. The molecule has 27 heavy (non-hydrogen) atoms. The van der Waals surface area contributed by atoms with Gasteiger partial charge in [-0.3, -0.25) is 14.4 Å². The van der Waals surface area contributed by atoms with Crippen molar-refractivity contribution in [2.24, 2.45) is 0 Å². The topological polar surface area (TPSA) is 71.5 Å². The zero-order valence-corrected chi connectivity index (χ0v) is 16.0. The van der Waals surface area contributed by atoms with E-state index in [0.29, 0.717) is 11.6 Å². The Morgan fingerprint density at radius 1 is 1.33 bits per heavy atom. The highest BCUT2D eigenvalue weighted by molar-refractivity contribution is 7.86. The molecule has 146 valence electrons. The highest BCUT2D eigenvalue weighted by Gasteiger charge is 2.34. The summed E-state index contributed by atoms with van der Waals surface area (Å²) >= 11 is 5.57. The Hall–Kier alpha value is -2.17. The third kappa shape index (κ3) is 4.96. The van der Waals surface area contributed by atoms with Gasteiger partial charge in [-0.25, -0.2) is 14.3 Å². The number of aromatic nitrogens is 1. The normalized spacial score (nSPS) is 12.6. The molecule has 1 heterocycles. The van der Waals surface area contributed by atoms with Crippen LogP contribution in [0.15, 0.2) is 35.4 Å². The van der Waals surface area contributed by atoms with Crippen molar-refractivity contribution < 1.29 is 27.0 Å². The van der Waals surface area contributed by atoms with Crippen LogP contribution < -0.4 is 4.72 Å². The number of hydrogen-bond donors (Lipinski definition) is 1. The Morgan fingerprint density at radius 3 is 2.59 bits per heavy atom. The van der Waals surface area contributed by atoms with Crippen LogP contribution in [0.1, 0.15) is 21.6 Å². The Bertz CT molecular complexity index is 893. The fourth-order valence-corrected chi connectivity index (χ4v) is 3.16. The quantitative estimate of drug-likeness (QED) is 0.745. The lowest BCUT2D eigenvalue weighted by Gasteiger charge is -2.17. The van der Waals surface area contributed by atoms with Crippen molar-refractivity contribution in [1.82, 2.24) is 10.0 Å². The molecule has 0 aliphatic carbocycles. The van der Waals surface area contributed by atoms with E-state index in [4.69, 9.17) is 16.4 Å². The number of amides is 1. The number of benzene rings is 1. The number of nitrogens with one attached hydrogen (secondary N) is 1. The first kappa shape index (κ1) is 21.1. The smallest absolute Gasteiger partial charge is 0.299 e. The molecule has 0 spiro atoms. The molecule has 1 unspecified atom stereocenters. The van der Waals surface area contributed by atoms with Gasteiger partial charge < -0.3 is 0 Å². The highest BCUT2D eigenvalue weighted by atomic mass is 35.5. The third-order valence-corrected chi connectivity index (χ3v) is 4.86. The van der Waals surface area contributed by atoms with Crippen molar-refractivity contribution in [2.45, 2.75) is 18.0 Å². The average Bonchev–Trinajstić information content (AvgIpc) is 2.59. The van der Waals surface area contributed by atoms with E-state index in [1.807, 2.05) is 0 Å². The second-order valence-electron chi connectivity index (χ2n) is 5.40. The van der Waals surface area contributed by atoms with Gasteiger partial charge in [-0.05, 0) is 36.8 Å². The highest BCUT2D eigenvalue weighted by Crippen LogP contribution is 2.35. The average molecular weight is 422 g/mol. The number of alkyl halides is 3. The molecule has 0 bridgehead atoms. The van der Waals surface area contributed by atoms with Crippen LogP contribution in [0.2, 0.25) is 5.02 Å². The number of halogens is 4. The van der Waals surface area contributed by atoms with E-state index in [1.165, 1.54) is 32.5 Å². The van der Waals surface area contributed by atoms with Gasteiger partial charge in [0.1, 0.15) is 11.0 Å². The van der Waals surface area contributed by atoms with Crippen LogP contribution in [0.5, 0.6) is 0 Å². The van der Waals surface area contributed by atoms with Crippen LogP contribution >= 0.6 is 11.6 Å². The summed E-state index contributed by atoms with van der Waals surface area (Å²) in [4.78, 5) is 20.9. The van der Waals surface area contributed by atoms with Crippen molar-refractivity contribution in [1.29, 1.82) is 0 Å². The van der Waals surface area contributed by atoms with Crippen molar-refractivity contribution in [3.8, 4) is 0 Å². The fourth-order valence-electron chi connectivity index (χ4n) is 2.05. The molecule has 0 aliphatic heterocycles. The van der Waals surface area contributed by atoms with Gasteiger partial charge in [0.25, 0.3) is 5.91 Å². The summed E-state index contributed by atoms with van der Waals surface area (Å²) in [5.41, 5.74) is -0.457. The maximum absolute atomic E-state index is 13.0. The molecule has 1 atom stereocenters. The number of carbonyl (C=O) groups excluding carboxylic acids is 1. The van der Waals surface area contributed by atoms with Gasteiger partial charge in [-0.1, -0.05) is 11.6 Å². The number of hydroxylamine groups is 2. The van der Waals surface area contributed by atoms with E-state index in [0.717, 1.165) is 11.1 Å². The first-order valence-electron chi connectivity index (χ1n) is 7.38. The molecule has 1 aromatic heterocycles. The molecule has 0 fully saturated rings. The minimum atomic E-state index is -4.69. The molecular formula is C16H15ClF3N3O3S. The van der Waals surface area contributed by atoms with Gasteiger partial charge in [-0.15, -0.1) is 0 Å². The van der Waals surface area contributed by atoms with Gasteiger partial charge in [0.15, 0.2) is 5.69 Å². The number of carbonyl (C=O) groups is 1. The molecule has 2 rings (SSSR count). The van der Waals surface area contributed by atoms with Gasteiger partial charge in [-0.2, -0.15) is 13.2 Å². The minimum absolute atomic E-state index is 0.0887. The van der Waals surface area contributed by atoms with Crippen LogP contribution in [0.25, 0.3) is 0 Å². The van der Waals surface area contributed by atoms with Gasteiger partial charge in [0.2, 0.25) is 0 Å². The van der Waals surface area contributed by atoms with Crippen LogP contribution in [0.4, 0.5) is 18.9 Å². The first-order chi connectivity index (χ1) is 12.5. The van der Waals surface area contributed by atoms with E-state index in [-0.39, 0.29) is 16.3 Å². The summed E-state index contributed by atoms with van der Waals surface area (Å²) in [7, 11) is 0.544. The molecule has 6 nitrogen and oxygen atoms in total. The summed E-state index contributed by atoms with van der Waals surface area (Å²) in [6, 6.07) is 4.41. The molecule has 2 aromatic rings. The van der Waals surface area contributed by atoms with Gasteiger partial charge in [0, 0.05) is 13.2 Å². The standard InChI is InChI=1S/C16H15ClF3N3O3S/c1-9-6-13(14(21-8-9)15(24)23(2)26-3)22-27(25)10-4-5-12(17)11(7-10)16(18,19)20/h4-8,22H,1-3H3. The zero-order chi connectivity index (χ0) is 20.4. The van der Waals surface area contributed by atoms with Crippen molar-refractivity contribution >= 4 is 34.2 Å². The second-order valence-corrected chi connectivity index (χ2v) is 7.02. The third-order valence-electron chi connectivity index (χ3n) is 3.45. The number of aryl methyl sites for hydroxylation is 1. The predicted octanol–water partition coefficient (Wildman–Crippen LogP) is 3.83. The second kappa shape index (κ2) is 8.24. The molecule has 1 amide bonds. The maximum atomic E-state index is 13.0. The summed E-state index contributed by atoms with van der Waals surface area (Å²) in [5, 5.41) is 0.411. The predicted molar refractivity (Wildman–Crippen MR) is 94.6 cm³/mol. The Morgan fingerprint density at radius 2 is 2.00 bits per heavy atom. The maximum Gasteiger partial charge on any atom is 0.417 e. The van der Waals surface area contributed by atoms with E-state index < -0.39 is 33.7 Å². The molecule has 1 N–H and O–H groups in total. The van der Waals surface area contributed by atoms with Crippen LogP contribution in [0.3, 0.4) is 0 Å². The first-order valence-corrected chi connectivity index (χ1v) is 8.91. The van der Waals surface area contributed by atoms with E-state index in [2.05, 4.69) is 9.71 Å². The van der Waals surface area contributed by atoms with Crippen LogP contribution in [-0.2, 0) is 22.0 Å². The van der Waals surface area contributed by atoms with Gasteiger partial charge in [0.05, 0.1) is 28.3 Å². The number of nitrogens with zero attached hydrogens (tertiary/aromatic N) is 2. The molecular weight excluding hydrogens is 407 g/mol. The summed E-state index contributed by atoms with van der Waals surface area (Å²) in [6.07, 6.45) is -3.26. The molecule has 0 radical (unpaired) electrons. The monoisotopic (exact) mass is 421 g/mol. The Labute approximate surface area is 160 Å². The Kier molecular flexibility index (Phi) is 6.45. The lowest BCUT2D eigenvalue weighted by molar-refractivity contribution is -0.137.